The third-order valence-corrected chi connectivity index (χ3v) is 4.36. The molecule has 0 amide bonds. The van der Waals surface area contributed by atoms with Gasteiger partial charge >= 0.3 is 0 Å². The molecule has 1 aliphatic heterocycles. The number of rotatable bonds is 1. The van der Waals surface area contributed by atoms with Crippen LogP contribution in [0.3, 0.4) is 0 Å². The Morgan fingerprint density at radius 3 is 2.80 bits per heavy atom. The molecule has 2 unspecified atom stereocenters. The Morgan fingerprint density at radius 1 is 1.40 bits per heavy atom. The van der Waals surface area contributed by atoms with Crippen molar-refractivity contribution in [1.82, 2.24) is 5.32 Å². The highest BCUT2D eigenvalue weighted by atomic mass is 35.5. The van der Waals surface area contributed by atoms with E-state index in [4.69, 9.17) is 23.2 Å². The van der Waals surface area contributed by atoms with Crippen LogP contribution in [0.25, 0.3) is 0 Å². The van der Waals surface area contributed by atoms with Crippen LogP contribution < -0.4 is 5.32 Å². The molecular weight excluding hydrogens is 249 g/mol. The fraction of sp³-hybridized carbons (Fsp3) is 0.455. The minimum Gasteiger partial charge on any atom is -0.308 e. The highest BCUT2D eigenvalue weighted by Gasteiger charge is 2.21. The second-order valence-electron chi connectivity index (χ2n) is 3.77. The maximum atomic E-state index is 6.17. The van der Waals surface area contributed by atoms with Crippen LogP contribution in [-0.2, 0) is 0 Å². The Balaban J connectivity index is 2.15. The molecule has 0 spiro atoms. The molecule has 0 aliphatic carbocycles. The van der Waals surface area contributed by atoms with Gasteiger partial charge in [0.15, 0.2) is 0 Å². The molecule has 0 saturated carbocycles. The fourth-order valence-corrected chi connectivity index (χ4v) is 3.24. The Bertz CT molecular complexity index is 348. The molecule has 0 aromatic heterocycles. The molecule has 1 N–H and O–H groups in total. The van der Waals surface area contributed by atoms with Crippen molar-refractivity contribution < 1.29 is 0 Å². The number of halogens is 2. The van der Waals surface area contributed by atoms with E-state index in [1.807, 2.05) is 30.0 Å². The summed E-state index contributed by atoms with van der Waals surface area (Å²) in [4.78, 5) is 0. The summed E-state index contributed by atoms with van der Waals surface area (Å²) in [5.74, 6) is 1.07. The van der Waals surface area contributed by atoms with E-state index in [0.29, 0.717) is 16.3 Å². The monoisotopic (exact) mass is 261 g/mol. The van der Waals surface area contributed by atoms with Gasteiger partial charge in [-0.2, -0.15) is 11.8 Å². The number of hydrogen-bond donors (Lipinski definition) is 1. The average Bonchev–Trinajstić information content (AvgIpc) is 2.20. The van der Waals surface area contributed by atoms with Crippen LogP contribution in [0.1, 0.15) is 18.5 Å². The molecule has 2 rings (SSSR count). The first kappa shape index (κ1) is 11.6. The lowest BCUT2D eigenvalue weighted by Crippen LogP contribution is -2.34. The Kier molecular flexibility index (Phi) is 3.83. The van der Waals surface area contributed by atoms with Crippen LogP contribution >= 0.6 is 35.0 Å². The largest absolute Gasteiger partial charge is 0.308 e. The van der Waals surface area contributed by atoms with Crippen molar-refractivity contribution in [2.75, 3.05) is 12.3 Å². The van der Waals surface area contributed by atoms with Crippen molar-refractivity contribution in [3.63, 3.8) is 0 Å². The third-order valence-electron chi connectivity index (χ3n) is 2.54. The van der Waals surface area contributed by atoms with Gasteiger partial charge in [-0.3, -0.25) is 0 Å². The first-order chi connectivity index (χ1) is 7.16. The van der Waals surface area contributed by atoms with Crippen LogP contribution in [0.4, 0.5) is 0 Å². The van der Waals surface area contributed by atoms with E-state index in [1.165, 1.54) is 0 Å². The van der Waals surface area contributed by atoms with Gasteiger partial charge in [0.2, 0.25) is 0 Å². The lowest BCUT2D eigenvalue weighted by Gasteiger charge is -2.28. The van der Waals surface area contributed by atoms with Gasteiger partial charge < -0.3 is 5.32 Å². The molecule has 2 atom stereocenters. The predicted molar refractivity (Wildman–Crippen MR) is 69.1 cm³/mol. The molecule has 1 aromatic rings. The van der Waals surface area contributed by atoms with Gasteiger partial charge in [0, 0.05) is 33.6 Å². The minimum absolute atomic E-state index is 0.357. The summed E-state index contributed by atoms with van der Waals surface area (Å²) in [6.45, 7) is 3.27. The first-order valence-electron chi connectivity index (χ1n) is 4.97. The topological polar surface area (TPSA) is 12.0 Å². The zero-order chi connectivity index (χ0) is 10.8. The Hall–Kier alpha value is 0.110. The number of nitrogens with one attached hydrogen (secondary N) is 1. The Labute approximate surface area is 105 Å². The quantitative estimate of drug-likeness (QED) is 0.827. The molecule has 0 bridgehead atoms. The molecule has 4 heteroatoms. The van der Waals surface area contributed by atoms with Crippen molar-refractivity contribution in [3.05, 3.63) is 33.8 Å². The van der Waals surface area contributed by atoms with Gasteiger partial charge in [-0.15, -0.1) is 0 Å². The predicted octanol–water partition coefficient (Wildman–Crippen LogP) is 3.76. The van der Waals surface area contributed by atoms with Crippen LogP contribution in [-0.4, -0.2) is 17.5 Å². The average molecular weight is 262 g/mol. The van der Waals surface area contributed by atoms with E-state index in [1.54, 1.807) is 0 Å². The summed E-state index contributed by atoms with van der Waals surface area (Å²) in [6, 6.07) is 6.07. The minimum atomic E-state index is 0.357. The lowest BCUT2D eigenvalue weighted by atomic mass is 10.1. The standard InChI is InChI=1S/C11H13Cl2NS/c1-7-5-14-11(6-15-7)9-3-2-8(12)4-10(9)13/h2-4,7,11,14H,5-6H2,1H3. The zero-order valence-corrected chi connectivity index (χ0v) is 10.8. The van der Waals surface area contributed by atoms with Gasteiger partial charge in [0.25, 0.3) is 0 Å². The number of thioether (sulfide) groups is 1. The van der Waals surface area contributed by atoms with E-state index in [2.05, 4.69) is 12.2 Å². The molecule has 82 valence electrons. The van der Waals surface area contributed by atoms with E-state index in [0.717, 1.165) is 22.9 Å². The molecule has 1 aliphatic rings. The van der Waals surface area contributed by atoms with Crippen LogP contribution in [0.15, 0.2) is 18.2 Å². The van der Waals surface area contributed by atoms with Gasteiger partial charge in [0.05, 0.1) is 0 Å². The maximum absolute atomic E-state index is 6.17. The molecule has 1 aromatic carbocycles. The van der Waals surface area contributed by atoms with Gasteiger partial charge in [-0.25, -0.2) is 0 Å². The van der Waals surface area contributed by atoms with Gasteiger partial charge in [-0.1, -0.05) is 36.2 Å². The SMILES string of the molecule is CC1CNC(c2ccc(Cl)cc2Cl)CS1. The normalized spacial score (nSPS) is 26.6. The summed E-state index contributed by atoms with van der Waals surface area (Å²) in [6.07, 6.45) is 0. The van der Waals surface area contributed by atoms with Crippen LogP contribution in [0.2, 0.25) is 10.0 Å². The van der Waals surface area contributed by atoms with E-state index >= 15 is 0 Å². The number of benzene rings is 1. The van der Waals surface area contributed by atoms with E-state index < -0.39 is 0 Å². The summed E-state index contributed by atoms with van der Waals surface area (Å²) in [5, 5.41) is 5.64. The van der Waals surface area contributed by atoms with Crippen LogP contribution in [0, 0.1) is 0 Å². The molecule has 1 nitrogen and oxygen atoms in total. The summed E-state index contributed by atoms with van der Waals surface area (Å²) < 4.78 is 0. The molecule has 0 radical (unpaired) electrons. The van der Waals surface area contributed by atoms with E-state index in [-0.39, 0.29) is 0 Å². The third kappa shape index (κ3) is 2.82. The Morgan fingerprint density at radius 2 is 2.20 bits per heavy atom. The highest BCUT2D eigenvalue weighted by molar-refractivity contribution is 8.00. The smallest absolute Gasteiger partial charge is 0.0468 e. The van der Waals surface area contributed by atoms with Crippen molar-refractivity contribution in [2.24, 2.45) is 0 Å². The van der Waals surface area contributed by atoms with Gasteiger partial charge in [-0.05, 0) is 17.7 Å². The summed E-state index contributed by atoms with van der Waals surface area (Å²) in [7, 11) is 0. The molecule has 1 saturated heterocycles. The second kappa shape index (κ2) is 4.96. The zero-order valence-electron chi connectivity index (χ0n) is 8.47. The molecule has 1 heterocycles. The number of hydrogen-bond acceptors (Lipinski definition) is 2. The summed E-state index contributed by atoms with van der Waals surface area (Å²) in [5.41, 5.74) is 1.15. The van der Waals surface area contributed by atoms with Gasteiger partial charge in [0.1, 0.15) is 0 Å². The lowest BCUT2D eigenvalue weighted by molar-refractivity contribution is 0.564. The molecule has 15 heavy (non-hydrogen) atoms. The highest BCUT2D eigenvalue weighted by Crippen LogP contribution is 2.31. The van der Waals surface area contributed by atoms with Crippen molar-refractivity contribution in [2.45, 2.75) is 18.2 Å². The maximum Gasteiger partial charge on any atom is 0.0468 e. The van der Waals surface area contributed by atoms with E-state index in [9.17, 15) is 0 Å². The van der Waals surface area contributed by atoms with Crippen LogP contribution in [0.5, 0.6) is 0 Å². The van der Waals surface area contributed by atoms with Crippen molar-refractivity contribution in [1.29, 1.82) is 0 Å². The molecule has 1 fully saturated rings. The van der Waals surface area contributed by atoms with Crippen molar-refractivity contribution >= 4 is 35.0 Å². The van der Waals surface area contributed by atoms with Crippen molar-refractivity contribution in [3.8, 4) is 0 Å². The summed E-state index contributed by atoms with van der Waals surface area (Å²) >= 11 is 14.0. The molecular formula is C11H13Cl2NS. The fourth-order valence-electron chi connectivity index (χ4n) is 1.67. The first-order valence-corrected chi connectivity index (χ1v) is 6.77. The second-order valence-corrected chi connectivity index (χ2v) is 6.09.